The summed E-state index contributed by atoms with van der Waals surface area (Å²) in [7, 11) is 0. The molecule has 5 rings (SSSR count). The molecule has 1 heteroatoms. The van der Waals surface area contributed by atoms with Gasteiger partial charge in [-0.05, 0) is 72.6 Å². The van der Waals surface area contributed by atoms with Crippen LogP contribution in [0.1, 0.15) is 46.0 Å². The molecule has 7 atom stereocenters. The van der Waals surface area contributed by atoms with Crippen LogP contribution in [0.5, 0.6) is 0 Å². The predicted octanol–water partition coefficient (Wildman–Crippen LogP) is 4.16. The Bertz CT molecular complexity index is 478. The van der Waals surface area contributed by atoms with Gasteiger partial charge in [0, 0.05) is 0 Å². The molecular formula is C19H29N. The molecule has 110 valence electrons. The average molecular weight is 271 g/mol. The summed E-state index contributed by atoms with van der Waals surface area (Å²) in [6.45, 7) is 10.2. The smallest absolute Gasteiger partial charge is 0.00130 e. The van der Waals surface area contributed by atoms with Crippen LogP contribution in [0.3, 0.4) is 0 Å². The van der Waals surface area contributed by atoms with Crippen molar-refractivity contribution in [3.8, 4) is 0 Å². The molecule has 0 heterocycles. The van der Waals surface area contributed by atoms with Gasteiger partial charge in [-0.15, -0.1) is 0 Å². The molecule has 0 unspecified atom stereocenters. The van der Waals surface area contributed by atoms with Crippen LogP contribution >= 0.6 is 0 Å². The van der Waals surface area contributed by atoms with Crippen molar-refractivity contribution in [1.29, 1.82) is 0 Å². The van der Waals surface area contributed by atoms with Crippen molar-refractivity contribution in [2.45, 2.75) is 46.0 Å². The van der Waals surface area contributed by atoms with Crippen LogP contribution in [0.25, 0.3) is 0 Å². The van der Waals surface area contributed by atoms with E-state index in [0.717, 1.165) is 36.1 Å². The number of hydrogen-bond acceptors (Lipinski definition) is 1. The first-order chi connectivity index (χ1) is 9.59. The van der Waals surface area contributed by atoms with Crippen LogP contribution in [-0.2, 0) is 0 Å². The van der Waals surface area contributed by atoms with Gasteiger partial charge in [-0.2, -0.15) is 0 Å². The Hall–Kier alpha value is -0.560. The normalized spacial score (nSPS) is 55.5. The molecule has 1 nitrogen and oxygen atoms in total. The van der Waals surface area contributed by atoms with Crippen LogP contribution in [-0.4, -0.2) is 6.54 Å². The molecule has 2 bridgehead atoms. The minimum atomic E-state index is 0.433. The predicted molar refractivity (Wildman–Crippen MR) is 84.1 cm³/mol. The molecule has 0 radical (unpaired) electrons. The largest absolute Gasteiger partial charge is 0.330 e. The molecular weight excluding hydrogens is 242 g/mol. The van der Waals surface area contributed by atoms with E-state index in [1.54, 1.807) is 5.57 Å². The molecule has 2 N–H and O–H groups in total. The zero-order valence-corrected chi connectivity index (χ0v) is 13.1. The summed E-state index contributed by atoms with van der Waals surface area (Å²) in [6.07, 6.45) is 11.8. The summed E-state index contributed by atoms with van der Waals surface area (Å²) in [6, 6.07) is 0. The number of rotatable bonds is 3. The van der Waals surface area contributed by atoms with E-state index in [1.165, 1.54) is 32.1 Å². The fourth-order valence-corrected chi connectivity index (χ4v) is 6.91. The quantitative estimate of drug-likeness (QED) is 0.767. The van der Waals surface area contributed by atoms with Crippen LogP contribution in [0, 0.1) is 40.4 Å². The molecule has 0 amide bonds. The van der Waals surface area contributed by atoms with E-state index in [0.29, 0.717) is 10.8 Å². The van der Waals surface area contributed by atoms with Gasteiger partial charge in [-0.3, -0.25) is 0 Å². The highest BCUT2D eigenvalue weighted by Crippen LogP contribution is 2.80. The summed E-state index contributed by atoms with van der Waals surface area (Å²) >= 11 is 0. The molecule has 0 aromatic heterocycles. The second-order valence-electron chi connectivity index (χ2n) is 8.29. The minimum absolute atomic E-state index is 0.433. The third kappa shape index (κ3) is 1.33. The number of nitrogens with two attached hydrogens (primary N) is 1. The van der Waals surface area contributed by atoms with Gasteiger partial charge in [0.05, 0.1) is 0 Å². The topological polar surface area (TPSA) is 26.0 Å². The minimum Gasteiger partial charge on any atom is -0.330 e. The van der Waals surface area contributed by atoms with E-state index in [1.807, 2.05) is 0 Å². The van der Waals surface area contributed by atoms with Crippen LogP contribution < -0.4 is 5.73 Å². The SMILES string of the molecule is C=C1C[C@H]2C=C[C@]3(C[C@@H](C)C[C@H]13)[C@H]1[C@@H]2[C@@]1(CN)CCC. The Kier molecular flexibility index (Phi) is 2.63. The summed E-state index contributed by atoms with van der Waals surface area (Å²) in [5.74, 6) is 4.08. The lowest BCUT2D eigenvalue weighted by Gasteiger charge is -2.36. The maximum Gasteiger partial charge on any atom is -0.00130 e. The first kappa shape index (κ1) is 13.1. The van der Waals surface area contributed by atoms with Crippen molar-refractivity contribution in [2.75, 3.05) is 6.54 Å². The Labute approximate surface area is 123 Å². The second-order valence-corrected chi connectivity index (χ2v) is 8.29. The van der Waals surface area contributed by atoms with Crippen LogP contribution in [0.4, 0.5) is 0 Å². The Morgan fingerprint density at radius 2 is 2.25 bits per heavy atom. The van der Waals surface area contributed by atoms with Gasteiger partial charge in [0.25, 0.3) is 0 Å². The highest BCUT2D eigenvalue weighted by Gasteiger charge is 2.75. The van der Waals surface area contributed by atoms with Gasteiger partial charge in [-0.1, -0.05) is 44.6 Å². The zero-order chi connectivity index (χ0) is 14.1. The van der Waals surface area contributed by atoms with E-state index in [4.69, 9.17) is 5.73 Å². The highest BCUT2D eigenvalue weighted by molar-refractivity contribution is 5.37. The first-order valence-corrected chi connectivity index (χ1v) is 8.66. The Balaban J connectivity index is 1.81. The summed E-state index contributed by atoms with van der Waals surface area (Å²) in [4.78, 5) is 0. The number of allylic oxidation sites excluding steroid dienone is 3. The molecule has 0 saturated heterocycles. The van der Waals surface area contributed by atoms with Crippen molar-refractivity contribution >= 4 is 0 Å². The lowest BCUT2D eigenvalue weighted by Crippen LogP contribution is -2.31. The Morgan fingerprint density at radius 3 is 2.95 bits per heavy atom. The lowest BCUT2D eigenvalue weighted by atomic mass is 9.68. The molecule has 0 aromatic carbocycles. The van der Waals surface area contributed by atoms with Crippen molar-refractivity contribution in [2.24, 2.45) is 46.2 Å². The maximum absolute atomic E-state index is 6.32. The number of fused-ring (bicyclic) bond motifs is 1. The lowest BCUT2D eigenvalue weighted by molar-refractivity contribution is 0.212. The summed E-state index contributed by atoms with van der Waals surface area (Å²) < 4.78 is 0. The van der Waals surface area contributed by atoms with E-state index in [-0.39, 0.29) is 0 Å². The number of hydrogen-bond donors (Lipinski definition) is 1. The summed E-state index contributed by atoms with van der Waals surface area (Å²) in [5, 5.41) is 0. The molecule has 1 spiro atoms. The van der Waals surface area contributed by atoms with Crippen molar-refractivity contribution in [3.05, 3.63) is 24.3 Å². The third-order valence-corrected chi connectivity index (χ3v) is 7.30. The molecule has 3 saturated carbocycles. The van der Waals surface area contributed by atoms with Gasteiger partial charge >= 0.3 is 0 Å². The molecule has 0 aromatic rings. The first-order valence-electron chi connectivity index (χ1n) is 8.66. The van der Waals surface area contributed by atoms with Crippen molar-refractivity contribution in [3.63, 3.8) is 0 Å². The van der Waals surface area contributed by atoms with Gasteiger partial charge in [0.15, 0.2) is 0 Å². The summed E-state index contributed by atoms with van der Waals surface area (Å²) in [5.41, 5.74) is 8.77. The highest BCUT2D eigenvalue weighted by atomic mass is 14.8. The third-order valence-electron chi connectivity index (χ3n) is 7.30. The van der Waals surface area contributed by atoms with Crippen LogP contribution in [0.2, 0.25) is 0 Å². The van der Waals surface area contributed by atoms with E-state index in [2.05, 4.69) is 32.6 Å². The monoisotopic (exact) mass is 271 g/mol. The Morgan fingerprint density at radius 1 is 1.45 bits per heavy atom. The molecule has 20 heavy (non-hydrogen) atoms. The van der Waals surface area contributed by atoms with Gasteiger partial charge < -0.3 is 5.73 Å². The van der Waals surface area contributed by atoms with Gasteiger partial charge in [0.2, 0.25) is 0 Å². The molecule has 5 aliphatic rings. The zero-order valence-electron chi connectivity index (χ0n) is 13.1. The standard InChI is InChI=1S/C19H29N/c1-4-6-19(11-20)16-14-5-7-18(17(16)19)10-12(2)8-15(18)13(3)9-14/h5,7,12,14-17H,3-4,6,8-11,20H2,1-2H3/t12-,14+,15+,16+,17+,18+,19-/m0/s1. The fourth-order valence-electron chi connectivity index (χ4n) is 6.91. The molecule has 0 aliphatic heterocycles. The molecule has 5 aliphatic carbocycles. The van der Waals surface area contributed by atoms with Crippen LogP contribution in [0.15, 0.2) is 24.3 Å². The van der Waals surface area contributed by atoms with E-state index >= 15 is 0 Å². The average Bonchev–Trinajstić information content (AvgIpc) is 3.03. The second kappa shape index (κ2) is 4.00. The van der Waals surface area contributed by atoms with Gasteiger partial charge in [0.1, 0.15) is 0 Å². The van der Waals surface area contributed by atoms with E-state index < -0.39 is 0 Å². The van der Waals surface area contributed by atoms with Gasteiger partial charge in [-0.25, -0.2) is 0 Å². The fraction of sp³-hybridized carbons (Fsp3) is 0.789. The molecule has 3 fully saturated rings. The van der Waals surface area contributed by atoms with E-state index in [9.17, 15) is 0 Å². The van der Waals surface area contributed by atoms with Crippen molar-refractivity contribution < 1.29 is 0 Å². The van der Waals surface area contributed by atoms with Crippen molar-refractivity contribution in [1.82, 2.24) is 0 Å². The maximum atomic E-state index is 6.32.